The van der Waals surface area contributed by atoms with Crippen LogP contribution >= 0.6 is 11.8 Å². The van der Waals surface area contributed by atoms with Crippen LogP contribution in [0.1, 0.15) is 6.92 Å². The third-order valence-electron chi connectivity index (χ3n) is 1.95. The Hall–Kier alpha value is -1.20. The van der Waals surface area contributed by atoms with Gasteiger partial charge in [-0.3, -0.25) is 0 Å². The summed E-state index contributed by atoms with van der Waals surface area (Å²) in [4.78, 5) is 4.27. The number of nitrogens with zero attached hydrogens (tertiary/aromatic N) is 1. The molecule has 4 nitrogen and oxygen atoms in total. The number of hydrogen-bond donors (Lipinski definition) is 2. The van der Waals surface area contributed by atoms with Gasteiger partial charge in [0.2, 0.25) is 0 Å². The van der Waals surface area contributed by atoms with E-state index in [2.05, 4.69) is 4.98 Å². The molecule has 0 radical (unpaired) electrons. The lowest BCUT2D eigenvalue weighted by Crippen LogP contribution is -2.01. The van der Waals surface area contributed by atoms with Gasteiger partial charge < -0.3 is 15.3 Å². The zero-order chi connectivity index (χ0) is 10.8. The molecule has 0 aliphatic rings. The lowest BCUT2D eigenvalue weighted by atomic mass is 10.3. The number of thioether (sulfide) groups is 1. The molecule has 0 fully saturated rings. The summed E-state index contributed by atoms with van der Waals surface area (Å²) in [5, 5.41) is 9.55. The summed E-state index contributed by atoms with van der Waals surface area (Å²) in [6, 6.07) is 5.34. The Morgan fingerprint density at radius 2 is 2.40 bits per heavy atom. The molecule has 0 spiro atoms. The van der Waals surface area contributed by atoms with Crippen molar-refractivity contribution in [1.82, 2.24) is 4.98 Å². The van der Waals surface area contributed by atoms with Crippen LogP contribution in [0.5, 0.6) is 0 Å². The maximum atomic E-state index is 8.90. The number of aliphatic hydroxyl groups excluding tert-OH is 1. The van der Waals surface area contributed by atoms with E-state index in [0.29, 0.717) is 10.9 Å². The van der Waals surface area contributed by atoms with E-state index in [0.717, 1.165) is 11.1 Å². The highest BCUT2D eigenvalue weighted by atomic mass is 32.2. The summed E-state index contributed by atoms with van der Waals surface area (Å²) in [5.74, 6) is 0. The molecule has 2 aromatic rings. The van der Waals surface area contributed by atoms with Crippen LogP contribution in [0.4, 0.5) is 5.69 Å². The molecule has 0 aliphatic carbocycles. The highest BCUT2D eigenvalue weighted by molar-refractivity contribution is 7.99. The van der Waals surface area contributed by atoms with E-state index < -0.39 is 0 Å². The van der Waals surface area contributed by atoms with Crippen LogP contribution in [0.25, 0.3) is 11.1 Å². The second-order valence-corrected chi connectivity index (χ2v) is 4.71. The summed E-state index contributed by atoms with van der Waals surface area (Å²) in [6.45, 7) is 2.01. The van der Waals surface area contributed by atoms with E-state index in [4.69, 9.17) is 15.3 Å². The molecule has 1 unspecified atom stereocenters. The summed E-state index contributed by atoms with van der Waals surface area (Å²) in [5.41, 5.74) is 7.77. The van der Waals surface area contributed by atoms with Crippen molar-refractivity contribution in [3.63, 3.8) is 0 Å². The van der Waals surface area contributed by atoms with Crippen molar-refractivity contribution >= 4 is 28.5 Å². The van der Waals surface area contributed by atoms with Gasteiger partial charge in [0.15, 0.2) is 5.58 Å². The van der Waals surface area contributed by atoms with Crippen molar-refractivity contribution in [1.29, 1.82) is 0 Å². The third-order valence-corrected chi connectivity index (χ3v) is 2.88. The number of nitrogen functional groups attached to an aromatic ring is 1. The predicted molar refractivity (Wildman–Crippen MR) is 60.8 cm³/mol. The van der Waals surface area contributed by atoms with Gasteiger partial charge >= 0.3 is 0 Å². The first kappa shape index (κ1) is 10.3. The van der Waals surface area contributed by atoms with Crippen LogP contribution in [0.2, 0.25) is 0 Å². The Morgan fingerprint density at radius 3 is 3.13 bits per heavy atom. The minimum atomic E-state index is 0.0791. The fraction of sp³-hybridized carbons (Fsp3) is 0.300. The quantitative estimate of drug-likeness (QED) is 0.615. The SMILES string of the molecule is CC(CO)Sc1nc2cc(N)ccc2o1. The molecule has 1 atom stereocenters. The molecule has 0 saturated heterocycles. The molecule has 1 heterocycles. The molecule has 0 bridgehead atoms. The van der Waals surface area contributed by atoms with Gasteiger partial charge in [-0.2, -0.15) is 0 Å². The van der Waals surface area contributed by atoms with Gasteiger partial charge in [-0.25, -0.2) is 4.98 Å². The van der Waals surface area contributed by atoms with Crippen molar-refractivity contribution < 1.29 is 9.52 Å². The van der Waals surface area contributed by atoms with Crippen molar-refractivity contribution in [2.24, 2.45) is 0 Å². The molecule has 2 rings (SSSR count). The van der Waals surface area contributed by atoms with Crippen LogP contribution in [0, 0.1) is 0 Å². The second-order valence-electron chi connectivity index (χ2n) is 3.32. The fourth-order valence-corrected chi connectivity index (χ4v) is 1.89. The number of benzene rings is 1. The van der Waals surface area contributed by atoms with Crippen LogP contribution < -0.4 is 5.73 Å². The molecule has 0 amide bonds. The minimum Gasteiger partial charge on any atom is -0.431 e. The molecular formula is C10H12N2O2S. The van der Waals surface area contributed by atoms with E-state index in [1.807, 2.05) is 6.92 Å². The normalized spacial score (nSPS) is 13.2. The van der Waals surface area contributed by atoms with Gasteiger partial charge in [-0.15, -0.1) is 0 Å². The molecular weight excluding hydrogens is 212 g/mol. The Balaban J connectivity index is 2.30. The number of fused-ring (bicyclic) bond motifs is 1. The summed E-state index contributed by atoms with van der Waals surface area (Å²) < 4.78 is 5.48. The van der Waals surface area contributed by atoms with E-state index in [1.54, 1.807) is 18.2 Å². The van der Waals surface area contributed by atoms with Crippen LogP contribution in [-0.2, 0) is 0 Å². The Morgan fingerprint density at radius 1 is 1.60 bits per heavy atom. The average molecular weight is 224 g/mol. The highest BCUT2D eigenvalue weighted by Gasteiger charge is 2.10. The zero-order valence-corrected chi connectivity index (χ0v) is 9.12. The fourth-order valence-electron chi connectivity index (χ4n) is 1.18. The Kier molecular flexibility index (Phi) is 2.83. The molecule has 0 saturated carbocycles. The van der Waals surface area contributed by atoms with Crippen molar-refractivity contribution in [2.45, 2.75) is 17.4 Å². The number of aromatic nitrogens is 1. The van der Waals surface area contributed by atoms with E-state index in [-0.39, 0.29) is 11.9 Å². The van der Waals surface area contributed by atoms with Gasteiger partial charge in [0.05, 0.1) is 6.61 Å². The van der Waals surface area contributed by atoms with Crippen LogP contribution in [0.15, 0.2) is 27.8 Å². The van der Waals surface area contributed by atoms with Crippen LogP contribution in [0.3, 0.4) is 0 Å². The smallest absolute Gasteiger partial charge is 0.257 e. The predicted octanol–water partition coefficient (Wildman–Crippen LogP) is 1.88. The number of oxazole rings is 1. The second kappa shape index (κ2) is 4.12. The molecule has 0 aliphatic heterocycles. The first-order chi connectivity index (χ1) is 7.19. The lowest BCUT2D eigenvalue weighted by Gasteiger charge is -2.01. The summed E-state index contributed by atoms with van der Waals surface area (Å²) in [6.07, 6.45) is 0. The van der Waals surface area contributed by atoms with Gasteiger partial charge in [-0.1, -0.05) is 18.7 Å². The van der Waals surface area contributed by atoms with E-state index >= 15 is 0 Å². The van der Waals surface area contributed by atoms with Gasteiger partial charge in [0, 0.05) is 10.9 Å². The molecule has 1 aromatic carbocycles. The number of rotatable bonds is 3. The molecule has 80 valence electrons. The Labute approximate surface area is 91.5 Å². The number of aliphatic hydroxyl groups is 1. The zero-order valence-electron chi connectivity index (χ0n) is 8.30. The molecule has 1 aromatic heterocycles. The molecule has 3 N–H and O–H groups in total. The number of hydrogen-bond acceptors (Lipinski definition) is 5. The van der Waals surface area contributed by atoms with E-state index in [9.17, 15) is 0 Å². The van der Waals surface area contributed by atoms with Crippen LogP contribution in [-0.4, -0.2) is 21.9 Å². The largest absolute Gasteiger partial charge is 0.431 e. The van der Waals surface area contributed by atoms with Crippen molar-refractivity contribution in [2.75, 3.05) is 12.3 Å². The van der Waals surface area contributed by atoms with Crippen molar-refractivity contribution in [3.05, 3.63) is 18.2 Å². The maximum absolute atomic E-state index is 8.90. The summed E-state index contributed by atoms with van der Waals surface area (Å²) >= 11 is 1.41. The first-order valence-corrected chi connectivity index (χ1v) is 5.50. The molecule has 15 heavy (non-hydrogen) atoms. The average Bonchev–Trinajstić information content (AvgIpc) is 2.59. The van der Waals surface area contributed by atoms with Gasteiger partial charge in [0.1, 0.15) is 5.52 Å². The summed E-state index contributed by atoms with van der Waals surface area (Å²) in [7, 11) is 0. The topological polar surface area (TPSA) is 72.3 Å². The highest BCUT2D eigenvalue weighted by Crippen LogP contribution is 2.27. The minimum absolute atomic E-state index is 0.0791. The number of nitrogens with two attached hydrogens (primary N) is 1. The molecule has 5 heteroatoms. The monoisotopic (exact) mass is 224 g/mol. The lowest BCUT2D eigenvalue weighted by molar-refractivity contribution is 0.299. The van der Waals surface area contributed by atoms with Gasteiger partial charge in [0.25, 0.3) is 5.22 Å². The first-order valence-electron chi connectivity index (χ1n) is 4.62. The van der Waals surface area contributed by atoms with E-state index in [1.165, 1.54) is 11.8 Å². The van der Waals surface area contributed by atoms with Gasteiger partial charge in [-0.05, 0) is 18.2 Å². The maximum Gasteiger partial charge on any atom is 0.257 e. The number of anilines is 1. The standard InChI is InChI=1S/C10H12N2O2S/c1-6(5-13)15-10-12-8-4-7(11)2-3-9(8)14-10/h2-4,6,13H,5,11H2,1H3. The Bertz CT molecular complexity index is 469. The van der Waals surface area contributed by atoms with Crippen molar-refractivity contribution in [3.8, 4) is 0 Å². The third kappa shape index (κ3) is 2.24.